The third-order valence-corrected chi connectivity index (χ3v) is 5.19. The number of halogens is 4. The van der Waals surface area contributed by atoms with Gasteiger partial charge in [-0.05, 0) is 30.3 Å². The second kappa shape index (κ2) is 7.61. The molecule has 2 aromatic rings. The van der Waals surface area contributed by atoms with Gasteiger partial charge in [0.05, 0.1) is 21.2 Å². The first-order valence-electron chi connectivity index (χ1n) is 6.81. The van der Waals surface area contributed by atoms with Crippen molar-refractivity contribution < 1.29 is 21.6 Å². The molecule has 0 fully saturated rings. The molecule has 0 aliphatic carbocycles. The van der Waals surface area contributed by atoms with Crippen molar-refractivity contribution in [3.05, 3.63) is 47.1 Å². The van der Waals surface area contributed by atoms with Crippen LogP contribution in [0.2, 0.25) is 5.02 Å². The molecule has 0 aliphatic rings. The summed E-state index contributed by atoms with van der Waals surface area (Å²) in [5.41, 5.74) is 1.04. The van der Waals surface area contributed by atoms with Crippen molar-refractivity contribution in [2.75, 3.05) is 5.43 Å². The Labute approximate surface area is 156 Å². The van der Waals surface area contributed by atoms with E-state index in [0.717, 1.165) is 12.1 Å². The highest BCUT2D eigenvalue weighted by atomic mass is 35.5. The van der Waals surface area contributed by atoms with Crippen LogP contribution in [0.4, 0.5) is 18.9 Å². The summed E-state index contributed by atoms with van der Waals surface area (Å²) in [6.45, 7) is 0. The molecule has 0 radical (unpaired) electrons. The molecule has 0 aliphatic heterocycles. The number of benzene rings is 1. The van der Waals surface area contributed by atoms with E-state index in [0.29, 0.717) is 12.3 Å². The Morgan fingerprint density at radius 1 is 1.19 bits per heavy atom. The molecule has 27 heavy (non-hydrogen) atoms. The topological polar surface area (TPSA) is 119 Å². The van der Waals surface area contributed by atoms with Crippen LogP contribution in [-0.4, -0.2) is 19.1 Å². The highest BCUT2D eigenvalue weighted by Crippen LogP contribution is 2.33. The number of hydrazone groups is 1. The van der Waals surface area contributed by atoms with Crippen molar-refractivity contribution in [2.24, 2.45) is 5.10 Å². The molecular formula is C15H7ClF3N5O2S. The fourth-order valence-electron chi connectivity index (χ4n) is 1.79. The molecule has 0 spiro atoms. The fourth-order valence-corrected chi connectivity index (χ4v) is 3.49. The van der Waals surface area contributed by atoms with E-state index >= 15 is 0 Å². The summed E-state index contributed by atoms with van der Waals surface area (Å²) in [6.07, 6.45) is -4.33. The fraction of sp³-hybridized carbons (Fsp3) is 0.0667. The number of hydrogen-bond donors (Lipinski definition) is 1. The number of pyridine rings is 1. The molecule has 0 saturated heterocycles. The summed E-state index contributed by atoms with van der Waals surface area (Å²) in [6, 6.07) is 8.38. The zero-order chi connectivity index (χ0) is 20.2. The molecule has 0 amide bonds. The van der Waals surface area contributed by atoms with Crippen LogP contribution in [0, 0.1) is 22.7 Å². The lowest BCUT2D eigenvalue weighted by Crippen LogP contribution is -2.10. The van der Waals surface area contributed by atoms with E-state index in [4.69, 9.17) is 22.1 Å². The predicted octanol–water partition coefficient (Wildman–Crippen LogP) is 3.40. The first kappa shape index (κ1) is 20.2. The van der Waals surface area contributed by atoms with E-state index in [9.17, 15) is 21.6 Å². The van der Waals surface area contributed by atoms with Crippen molar-refractivity contribution in [1.29, 1.82) is 10.5 Å². The van der Waals surface area contributed by atoms with Crippen molar-refractivity contribution in [1.82, 2.24) is 4.98 Å². The van der Waals surface area contributed by atoms with Crippen molar-refractivity contribution in [2.45, 2.75) is 16.1 Å². The monoisotopic (exact) mass is 413 g/mol. The van der Waals surface area contributed by atoms with Gasteiger partial charge in [-0.25, -0.2) is 13.4 Å². The molecule has 1 aromatic heterocycles. The Balaban J connectivity index is 2.34. The SMILES string of the molecule is N#CC(C#N)=NNc1ccc(S(=O)(=O)c2ncc(C(F)(F)F)cc2Cl)cc1. The van der Waals surface area contributed by atoms with Crippen LogP contribution in [0.3, 0.4) is 0 Å². The van der Waals surface area contributed by atoms with Gasteiger partial charge in [0.25, 0.3) is 0 Å². The number of sulfone groups is 1. The lowest BCUT2D eigenvalue weighted by Gasteiger charge is -2.10. The molecule has 12 heteroatoms. The highest BCUT2D eigenvalue weighted by Gasteiger charge is 2.33. The van der Waals surface area contributed by atoms with Gasteiger partial charge in [0.1, 0.15) is 12.1 Å². The highest BCUT2D eigenvalue weighted by molar-refractivity contribution is 7.91. The molecule has 1 N–H and O–H groups in total. The number of nitriles is 2. The Bertz CT molecular complexity index is 1070. The van der Waals surface area contributed by atoms with Crippen LogP contribution < -0.4 is 5.43 Å². The molecule has 2 rings (SSSR count). The second-order valence-electron chi connectivity index (χ2n) is 4.83. The van der Waals surface area contributed by atoms with Gasteiger partial charge in [-0.15, -0.1) is 0 Å². The number of aromatic nitrogens is 1. The van der Waals surface area contributed by atoms with Gasteiger partial charge in [0.2, 0.25) is 15.5 Å². The van der Waals surface area contributed by atoms with Crippen LogP contribution in [0.25, 0.3) is 0 Å². The second-order valence-corrected chi connectivity index (χ2v) is 7.10. The smallest absolute Gasteiger partial charge is 0.277 e. The molecule has 0 atom stereocenters. The molecule has 7 nitrogen and oxygen atoms in total. The molecule has 1 heterocycles. The molecule has 0 unspecified atom stereocenters. The molecule has 0 saturated carbocycles. The quantitative estimate of drug-likeness (QED) is 0.606. The minimum atomic E-state index is -4.71. The van der Waals surface area contributed by atoms with Crippen molar-refractivity contribution >= 4 is 32.8 Å². The number of anilines is 1. The predicted molar refractivity (Wildman–Crippen MR) is 88.4 cm³/mol. The normalized spacial score (nSPS) is 11.2. The third-order valence-electron chi connectivity index (χ3n) is 3.06. The van der Waals surface area contributed by atoms with Crippen LogP contribution in [0.5, 0.6) is 0 Å². The maximum atomic E-state index is 12.6. The lowest BCUT2D eigenvalue weighted by molar-refractivity contribution is -0.137. The first-order chi connectivity index (χ1) is 12.6. The van der Waals surface area contributed by atoms with Gasteiger partial charge in [0, 0.05) is 6.20 Å². The summed E-state index contributed by atoms with van der Waals surface area (Å²) in [4.78, 5) is 3.08. The van der Waals surface area contributed by atoms with Gasteiger partial charge in [-0.1, -0.05) is 11.6 Å². The Morgan fingerprint density at radius 2 is 1.78 bits per heavy atom. The lowest BCUT2D eigenvalue weighted by atomic mass is 10.3. The zero-order valence-electron chi connectivity index (χ0n) is 13.0. The van der Waals surface area contributed by atoms with Crippen LogP contribution >= 0.6 is 11.6 Å². The van der Waals surface area contributed by atoms with Gasteiger partial charge < -0.3 is 0 Å². The summed E-state index contributed by atoms with van der Waals surface area (Å²) >= 11 is 5.68. The van der Waals surface area contributed by atoms with Gasteiger partial charge in [-0.3, -0.25) is 5.43 Å². The van der Waals surface area contributed by atoms with E-state index < -0.39 is 37.3 Å². The molecule has 0 bridgehead atoms. The maximum absolute atomic E-state index is 12.6. The Morgan fingerprint density at radius 3 is 2.26 bits per heavy atom. The van der Waals surface area contributed by atoms with E-state index in [2.05, 4.69) is 15.5 Å². The molecule has 138 valence electrons. The summed E-state index contributed by atoms with van der Waals surface area (Å²) in [5.74, 6) is 0. The zero-order valence-corrected chi connectivity index (χ0v) is 14.6. The molecule has 1 aromatic carbocycles. The van der Waals surface area contributed by atoms with Crippen LogP contribution in [0.15, 0.2) is 51.6 Å². The minimum absolute atomic E-state index is 0.267. The van der Waals surface area contributed by atoms with Crippen LogP contribution in [-0.2, 0) is 16.0 Å². The number of nitrogens with zero attached hydrogens (tertiary/aromatic N) is 4. The first-order valence-corrected chi connectivity index (χ1v) is 8.67. The van der Waals surface area contributed by atoms with E-state index in [-0.39, 0.29) is 10.6 Å². The summed E-state index contributed by atoms with van der Waals surface area (Å²) < 4.78 is 63.0. The molecular weight excluding hydrogens is 407 g/mol. The maximum Gasteiger partial charge on any atom is 0.417 e. The number of nitrogens with one attached hydrogen (secondary N) is 1. The largest absolute Gasteiger partial charge is 0.417 e. The average Bonchev–Trinajstić information content (AvgIpc) is 2.62. The number of rotatable bonds is 4. The van der Waals surface area contributed by atoms with Gasteiger partial charge >= 0.3 is 6.18 Å². The summed E-state index contributed by atoms with van der Waals surface area (Å²) in [7, 11) is -4.27. The minimum Gasteiger partial charge on any atom is -0.277 e. The van der Waals surface area contributed by atoms with E-state index in [1.54, 1.807) is 0 Å². The Kier molecular flexibility index (Phi) is 5.69. The third kappa shape index (κ3) is 4.53. The number of alkyl halides is 3. The average molecular weight is 414 g/mol. The van der Waals surface area contributed by atoms with Crippen molar-refractivity contribution in [3.63, 3.8) is 0 Å². The standard InChI is InChI=1S/C15H7ClF3N5O2S/c16-13-5-9(15(17,18)19)8-22-14(13)27(25,26)12-3-1-10(2-4-12)23-24-11(6-20)7-21/h1-5,8,23H. The van der Waals surface area contributed by atoms with Crippen LogP contribution in [0.1, 0.15) is 5.56 Å². The van der Waals surface area contributed by atoms with E-state index in [1.165, 1.54) is 24.3 Å². The van der Waals surface area contributed by atoms with Gasteiger partial charge in [-0.2, -0.15) is 28.8 Å². The summed E-state index contributed by atoms with van der Waals surface area (Å²) in [5, 5.41) is 19.2. The van der Waals surface area contributed by atoms with Crippen molar-refractivity contribution in [3.8, 4) is 12.1 Å². The van der Waals surface area contributed by atoms with E-state index in [1.807, 2.05) is 0 Å². The van der Waals surface area contributed by atoms with Gasteiger partial charge in [0.15, 0.2) is 5.03 Å². The Hall–Kier alpha value is -3.15. The number of hydrogen-bond acceptors (Lipinski definition) is 7.